The topological polar surface area (TPSA) is 46.9 Å². The first-order chi connectivity index (χ1) is 12.6. The van der Waals surface area contributed by atoms with E-state index >= 15 is 0 Å². The molecular formula is C22H27N3O. The number of hydrogen-bond acceptors (Lipinski definition) is 2. The van der Waals surface area contributed by atoms with Crippen LogP contribution in [0.3, 0.4) is 0 Å². The van der Waals surface area contributed by atoms with E-state index in [9.17, 15) is 4.79 Å². The Balaban J connectivity index is 1.49. The number of aryl methyl sites for hydroxylation is 1. The van der Waals surface area contributed by atoms with Crippen LogP contribution < -0.4 is 5.32 Å². The summed E-state index contributed by atoms with van der Waals surface area (Å²) >= 11 is 0. The monoisotopic (exact) mass is 349 g/mol. The summed E-state index contributed by atoms with van der Waals surface area (Å²) < 4.78 is 2.32. The van der Waals surface area contributed by atoms with Gasteiger partial charge in [0.05, 0.1) is 0 Å². The zero-order valence-corrected chi connectivity index (χ0v) is 15.6. The van der Waals surface area contributed by atoms with E-state index in [1.165, 1.54) is 16.5 Å². The second-order valence-corrected chi connectivity index (χ2v) is 6.95. The van der Waals surface area contributed by atoms with Crippen molar-refractivity contribution in [3.63, 3.8) is 0 Å². The number of nitrogens with zero attached hydrogens (tertiary/aromatic N) is 2. The molecule has 1 N–H and O–H groups in total. The normalized spacial score (nSPS) is 11.2. The fourth-order valence-corrected chi connectivity index (χ4v) is 3.31. The van der Waals surface area contributed by atoms with Gasteiger partial charge in [-0.1, -0.05) is 24.3 Å². The highest BCUT2D eigenvalue weighted by Gasteiger charge is 2.10. The summed E-state index contributed by atoms with van der Waals surface area (Å²) in [6.07, 6.45) is 7.15. The van der Waals surface area contributed by atoms with E-state index in [2.05, 4.69) is 59.2 Å². The van der Waals surface area contributed by atoms with Gasteiger partial charge >= 0.3 is 0 Å². The molecule has 0 bridgehead atoms. The van der Waals surface area contributed by atoms with Gasteiger partial charge in [0.15, 0.2) is 0 Å². The predicted molar refractivity (Wildman–Crippen MR) is 106 cm³/mol. The molecule has 0 aliphatic heterocycles. The molecule has 26 heavy (non-hydrogen) atoms. The number of amides is 1. The Morgan fingerprint density at radius 1 is 1.12 bits per heavy atom. The third kappa shape index (κ3) is 4.51. The van der Waals surface area contributed by atoms with Gasteiger partial charge in [-0.2, -0.15) is 0 Å². The summed E-state index contributed by atoms with van der Waals surface area (Å²) in [5.41, 5.74) is 3.61. The highest BCUT2D eigenvalue weighted by Crippen LogP contribution is 2.25. The number of aromatic nitrogens is 2. The molecule has 0 unspecified atom stereocenters. The number of hydrogen-bond donors (Lipinski definition) is 1. The number of benzene rings is 1. The second kappa shape index (κ2) is 8.65. The number of carbonyl (C=O) groups excluding carboxylic acids is 1. The summed E-state index contributed by atoms with van der Waals surface area (Å²) in [5, 5.41) is 4.30. The second-order valence-electron chi connectivity index (χ2n) is 6.95. The Labute approximate surface area is 155 Å². The molecule has 0 saturated heterocycles. The van der Waals surface area contributed by atoms with E-state index in [0.29, 0.717) is 19.0 Å². The Morgan fingerprint density at radius 2 is 1.92 bits per heavy atom. The zero-order valence-electron chi connectivity index (χ0n) is 15.6. The van der Waals surface area contributed by atoms with Crippen molar-refractivity contribution in [3.05, 3.63) is 66.1 Å². The quantitative estimate of drug-likeness (QED) is 0.659. The van der Waals surface area contributed by atoms with E-state index in [-0.39, 0.29) is 5.91 Å². The first-order valence-corrected chi connectivity index (χ1v) is 9.40. The molecule has 1 amide bonds. The lowest BCUT2D eigenvalue weighted by atomic mass is 10.1. The minimum absolute atomic E-state index is 0.119. The van der Waals surface area contributed by atoms with E-state index in [1.54, 1.807) is 6.20 Å². The third-order valence-electron chi connectivity index (χ3n) is 4.66. The van der Waals surface area contributed by atoms with Gasteiger partial charge in [0.2, 0.25) is 5.91 Å². The molecule has 4 nitrogen and oxygen atoms in total. The summed E-state index contributed by atoms with van der Waals surface area (Å²) in [6.45, 7) is 5.04. The van der Waals surface area contributed by atoms with Crippen molar-refractivity contribution in [2.24, 2.45) is 0 Å². The van der Waals surface area contributed by atoms with Crippen LogP contribution in [0.15, 0.2) is 54.9 Å². The van der Waals surface area contributed by atoms with Gasteiger partial charge < -0.3 is 9.88 Å². The molecule has 1 aromatic carbocycles. The van der Waals surface area contributed by atoms with Crippen molar-refractivity contribution < 1.29 is 4.79 Å². The van der Waals surface area contributed by atoms with Gasteiger partial charge in [-0.3, -0.25) is 9.78 Å². The minimum Gasteiger partial charge on any atom is -0.356 e. The van der Waals surface area contributed by atoms with Crippen LogP contribution in [0.2, 0.25) is 0 Å². The van der Waals surface area contributed by atoms with Crippen molar-refractivity contribution in [1.29, 1.82) is 0 Å². The highest BCUT2D eigenvalue weighted by atomic mass is 16.1. The molecule has 0 aliphatic rings. The van der Waals surface area contributed by atoms with Crippen LogP contribution in [0.25, 0.3) is 10.9 Å². The summed E-state index contributed by atoms with van der Waals surface area (Å²) in [5.74, 6) is 0.119. The van der Waals surface area contributed by atoms with Gasteiger partial charge in [0.1, 0.15) is 0 Å². The maximum atomic E-state index is 12.1. The molecular weight excluding hydrogens is 322 g/mol. The Bertz CT molecular complexity index is 852. The van der Waals surface area contributed by atoms with Gasteiger partial charge in [-0.25, -0.2) is 0 Å². The number of nitrogens with one attached hydrogen (secondary N) is 1. The predicted octanol–water partition coefficient (Wildman–Crippen LogP) is 4.30. The van der Waals surface area contributed by atoms with Crippen molar-refractivity contribution in [3.8, 4) is 0 Å². The van der Waals surface area contributed by atoms with Crippen molar-refractivity contribution in [1.82, 2.24) is 14.9 Å². The maximum Gasteiger partial charge on any atom is 0.220 e. The number of pyridine rings is 1. The lowest BCUT2D eigenvalue weighted by Gasteiger charge is -2.08. The van der Waals surface area contributed by atoms with Crippen molar-refractivity contribution >= 4 is 16.8 Å². The lowest BCUT2D eigenvalue weighted by Crippen LogP contribution is -2.25. The van der Waals surface area contributed by atoms with Crippen LogP contribution in [0.5, 0.6) is 0 Å². The average molecular weight is 349 g/mol. The van der Waals surface area contributed by atoms with Crippen molar-refractivity contribution in [2.45, 2.75) is 45.6 Å². The smallest absolute Gasteiger partial charge is 0.220 e. The van der Waals surface area contributed by atoms with E-state index in [4.69, 9.17) is 0 Å². The molecule has 0 spiro atoms. The lowest BCUT2D eigenvalue weighted by molar-refractivity contribution is -0.121. The Hall–Kier alpha value is -2.62. The molecule has 0 aliphatic carbocycles. The molecule has 0 atom stereocenters. The molecule has 2 heterocycles. The number of carbonyl (C=O) groups is 1. The third-order valence-corrected chi connectivity index (χ3v) is 4.66. The molecule has 0 saturated carbocycles. The SMILES string of the molecule is CC(C)n1cc(CCCC(=O)NCCc2ccccn2)c2ccccc21. The van der Waals surface area contributed by atoms with Crippen LogP contribution in [-0.2, 0) is 17.6 Å². The molecule has 3 aromatic rings. The van der Waals surface area contributed by atoms with Gasteiger partial charge in [-0.15, -0.1) is 0 Å². The van der Waals surface area contributed by atoms with Crippen LogP contribution in [0.1, 0.15) is 44.0 Å². The standard InChI is InChI=1S/C22H27N3O/c1-17(2)25-16-18(20-10-3-4-11-21(20)25)8-7-12-22(26)24-15-13-19-9-5-6-14-23-19/h3-6,9-11,14,16-17H,7-8,12-13,15H2,1-2H3,(H,24,26). The van der Waals surface area contributed by atoms with E-state index in [1.807, 2.05) is 18.2 Å². The summed E-state index contributed by atoms with van der Waals surface area (Å²) in [6, 6.07) is 14.8. The van der Waals surface area contributed by atoms with Crippen LogP contribution >= 0.6 is 0 Å². The maximum absolute atomic E-state index is 12.1. The molecule has 136 valence electrons. The van der Waals surface area contributed by atoms with Crippen LogP contribution in [0.4, 0.5) is 0 Å². The molecule has 3 rings (SSSR count). The first kappa shape index (κ1) is 18.2. The summed E-state index contributed by atoms with van der Waals surface area (Å²) in [7, 11) is 0. The molecule has 2 aromatic heterocycles. The number of para-hydroxylation sites is 1. The van der Waals surface area contributed by atoms with Crippen LogP contribution in [0, 0.1) is 0 Å². The van der Waals surface area contributed by atoms with Crippen molar-refractivity contribution in [2.75, 3.05) is 6.54 Å². The van der Waals surface area contributed by atoms with E-state index in [0.717, 1.165) is 25.0 Å². The minimum atomic E-state index is 0.119. The average Bonchev–Trinajstić information content (AvgIpc) is 3.02. The largest absolute Gasteiger partial charge is 0.356 e. The summed E-state index contributed by atoms with van der Waals surface area (Å²) in [4.78, 5) is 16.3. The molecule has 0 fully saturated rings. The fraction of sp³-hybridized carbons (Fsp3) is 0.364. The Morgan fingerprint density at radius 3 is 2.69 bits per heavy atom. The number of rotatable bonds is 8. The van der Waals surface area contributed by atoms with Gasteiger partial charge in [0.25, 0.3) is 0 Å². The molecule has 0 radical (unpaired) electrons. The van der Waals surface area contributed by atoms with Gasteiger partial charge in [-0.05, 0) is 50.5 Å². The fourth-order valence-electron chi connectivity index (χ4n) is 3.31. The van der Waals surface area contributed by atoms with Crippen LogP contribution in [-0.4, -0.2) is 22.0 Å². The van der Waals surface area contributed by atoms with E-state index < -0.39 is 0 Å². The Kier molecular flexibility index (Phi) is 6.05. The number of fused-ring (bicyclic) bond motifs is 1. The molecule has 4 heteroatoms. The van der Waals surface area contributed by atoms with Gasteiger partial charge in [0, 0.05) is 54.4 Å². The highest BCUT2D eigenvalue weighted by molar-refractivity contribution is 5.84. The zero-order chi connectivity index (χ0) is 18.4. The first-order valence-electron chi connectivity index (χ1n) is 9.40.